The van der Waals surface area contributed by atoms with Crippen molar-refractivity contribution in [2.45, 2.75) is 87.5 Å². The molecule has 2 aliphatic heterocycles. The number of rotatable bonds is 7. The van der Waals surface area contributed by atoms with E-state index >= 15 is 0 Å². The van der Waals surface area contributed by atoms with Gasteiger partial charge in [-0.25, -0.2) is 9.97 Å². The van der Waals surface area contributed by atoms with Gasteiger partial charge in [-0.3, -0.25) is 0 Å². The van der Waals surface area contributed by atoms with Gasteiger partial charge in [-0.1, -0.05) is 58.0 Å². The van der Waals surface area contributed by atoms with Gasteiger partial charge in [-0.2, -0.15) is 0 Å². The summed E-state index contributed by atoms with van der Waals surface area (Å²) >= 11 is 6.50. The summed E-state index contributed by atoms with van der Waals surface area (Å²) in [6.07, 6.45) is 4.37. The van der Waals surface area contributed by atoms with Crippen LogP contribution in [0.15, 0.2) is 42.5 Å². The van der Waals surface area contributed by atoms with Crippen molar-refractivity contribution in [3.05, 3.63) is 93.1 Å². The number of nitrogens with zero attached hydrogens (tertiary/aromatic N) is 2. The van der Waals surface area contributed by atoms with Crippen molar-refractivity contribution < 1.29 is 0 Å². The maximum absolute atomic E-state index is 6.50. The van der Waals surface area contributed by atoms with E-state index in [2.05, 4.69) is 108 Å². The smallest absolute Gasteiger partial charge is 0.0726 e. The molecule has 1 aromatic carbocycles. The largest absolute Gasteiger partial charge is 0.354 e. The van der Waals surface area contributed by atoms with Crippen molar-refractivity contribution in [2.75, 3.05) is 5.88 Å². The second kappa shape index (κ2) is 12.5. The van der Waals surface area contributed by atoms with Crippen molar-refractivity contribution >= 4 is 56.0 Å². The molecule has 0 atom stereocenters. The van der Waals surface area contributed by atoms with Gasteiger partial charge in [0.25, 0.3) is 0 Å². The summed E-state index contributed by atoms with van der Waals surface area (Å²) in [4.78, 5) is 18.6. The topological polar surface area (TPSA) is 57.4 Å². The molecule has 2 aliphatic rings. The van der Waals surface area contributed by atoms with Gasteiger partial charge in [0.1, 0.15) is 0 Å². The molecule has 0 unspecified atom stereocenters. The average Bonchev–Trinajstić information content (AvgIpc) is 3.73. The Morgan fingerprint density at radius 1 is 0.622 bits per heavy atom. The molecule has 4 nitrogen and oxygen atoms in total. The van der Waals surface area contributed by atoms with Crippen LogP contribution in [0.1, 0.15) is 105 Å². The van der Waals surface area contributed by atoms with Crippen molar-refractivity contribution in [3.63, 3.8) is 0 Å². The van der Waals surface area contributed by atoms with Crippen LogP contribution in [0.25, 0.3) is 55.5 Å². The maximum Gasteiger partial charge on any atom is 0.0726 e. The summed E-state index contributed by atoms with van der Waals surface area (Å²) in [7, 11) is 0. The highest BCUT2D eigenvalue weighted by molar-refractivity contribution is 6.18. The molecule has 3 aromatic heterocycles. The van der Waals surface area contributed by atoms with E-state index in [1.54, 1.807) is 0 Å². The SMILES string of the molecule is CCC1=C(C)c2cc3[nH]c(c(CC)c3C)c(-c3ccccc3)c3[nH]c(cc4nc(c(CCCl)c1n2)C(CC)=C4C)c(C)c3CC. The molecule has 0 saturated carbocycles. The second-order valence-electron chi connectivity index (χ2n) is 12.3. The predicted octanol–water partition coefficient (Wildman–Crippen LogP) is 11.2. The van der Waals surface area contributed by atoms with E-state index in [1.807, 2.05) is 0 Å². The Bertz CT molecular complexity index is 1910. The van der Waals surface area contributed by atoms with Crippen molar-refractivity contribution in [2.24, 2.45) is 0 Å². The summed E-state index contributed by atoms with van der Waals surface area (Å²) in [5, 5.41) is 0. The zero-order valence-corrected chi connectivity index (χ0v) is 28.8. The van der Waals surface area contributed by atoms with Gasteiger partial charge in [0.2, 0.25) is 0 Å². The first-order chi connectivity index (χ1) is 21.8. The third-order valence-corrected chi connectivity index (χ3v) is 10.2. The molecule has 8 bridgehead atoms. The molecule has 4 aromatic rings. The summed E-state index contributed by atoms with van der Waals surface area (Å²) in [5.41, 5.74) is 22.5. The molecule has 6 rings (SSSR count). The standard InChI is InChI=1S/C40H45ClN4/c1-9-27-22(5)32-20-34-24(7)29(11-3)39(44-34)36(26-16-14-13-15-17-26)40-30(12-4)25(8)35(45-40)21-33-23(6)28(10-2)38(43-33)31(18-19-41)37(27)42-32/h13-17,20-21,44-45H,9-12,18-19H2,1-8H3. The summed E-state index contributed by atoms with van der Waals surface area (Å²) in [5.74, 6) is 0.521. The predicted molar refractivity (Wildman–Crippen MR) is 195 cm³/mol. The van der Waals surface area contributed by atoms with Crippen LogP contribution in [0.2, 0.25) is 0 Å². The van der Waals surface area contributed by atoms with Gasteiger partial charge in [0.05, 0.1) is 33.8 Å². The lowest BCUT2D eigenvalue weighted by molar-refractivity contribution is 1.05. The van der Waals surface area contributed by atoms with Gasteiger partial charge < -0.3 is 9.97 Å². The molecule has 0 radical (unpaired) electrons. The van der Waals surface area contributed by atoms with Gasteiger partial charge in [-0.15, -0.1) is 11.6 Å². The van der Waals surface area contributed by atoms with Crippen LogP contribution in [-0.2, 0) is 19.3 Å². The summed E-state index contributed by atoms with van der Waals surface area (Å²) in [6, 6.07) is 15.3. The summed E-state index contributed by atoms with van der Waals surface area (Å²) in [6.45, 7) is 17.9. The quantitative estimate of drug-likeness (QED) is 0.203. The van der Waals surface area contributed by atoms with E-state index < -0.39 is 0 Å². The molecule has 232 valence electrons. The number of benzene rings is 1. The molecule has 5 heteroatoms. The van der Waals surface area contributed by atoms with Crippen LogP contribution in [0.5, 0.6) is 0 Å². The average molecular weight is 617 g/mol. The van der Waals surface area contributed by atoms with E-state index in [9.17, 15) is 0 Å². The molecule has 0 spiro atoms. The van der Waals surface area contributed by atoms with Crippen LogP contribution in [0.4, 0.5) is 0 Å². The Balaban J connectivity index is 1.92. The summed E-state index contributed by atoms with van der Waals surface area (Å²) < 4.78 is 0. The number of nitrogens with one attached hydrogen (secondary N) is 2. The number of hydrogen-bond acceptors (Lipinski definition) is 2. The fraction of sp³-hybridized carbons (Fsp3) is 0.350. The second-order valence-corrected chi connectivity index (χ2v) is 12.7. The minimum Gasteiger partial charge on any atom is -0.354 e. The van der Waals surface area contributed by atoms with Crippen molar-refractivity contribution in [1.29, 1.82) is 0 Å². The van der Waals surface area contributed by atoms with Crippen molar-refractivity contribution in [1.82, 2.24) is 19.9 Å². The zero-order chi connectivity index (χ0) is 32.0. The fourth-order valence-electron chi connectivity index (χ4n) is 7.50. The molecular weight excluding hydrogens is 572 g/mol. The third kappa shape index (κ3) is 5.08. The molecule has 45 heavy (non-hydrogen) atoms. The number of alkyl halides is 1. The molecule has 0 amide bonds. The fourth-order valence-corrected chi connectivity index (χ4v) is 7.69. The van der Waals surface area contributed by atoms with Crippen LogP contribution in [0.3, 0.4) is 0 Å². The van der Waals surface area contributed by atoms with Crippen LogP contribution < -0.4 is 0 Å². The first-order valence-corrected chi connectivity index (χ1v) is 17.1. The number of hydrogen-bond donors (Lipinski definition) is 2. The molecule has 5 heterocycles. The highest BCUT2D eigenvalue weighted by Crippen LogP contribution is 2.41. The van der Waals surface area contributed by atoms with Gasteiger partial charge >= 0.3 is 0 Å². The van der Waals surface area contributed by atoms with Crippen LogP contribution in [0, 0.1) is 13.8 Å². The third-order valence-electron chi connectivity index (χ3n) is 10.0. The molecule has 0 fully saturated rings. The number of fused-ring (bicyclic) bond motifs is 8. The normalized spacial score (nSPS) is 13.4. The van der Waals surface area contributed by atoms with E-state index in [4.69, 9.17) is 21.6 Å². The Morgan fingerprint density at radius 2 is 1.09 bits per heavy atom. The number of aromatic amines is 2. The number of H-pyrrole nitrogens is 2. The number of halogens is 1. The molecule has 2 N–H and O–H groups in total. The minimum atomic E-state index is 0.521. The Labute approximate surface area is 272 Å². The van der Waals surface area contributed by atoms with Gasteiger partial charge in [0.15, 0.2) is 0 Å². The lowest BCUT2D eigenvalue weighted by Crippen LogP contribution is -2.00. The van der Waals surface area contributed by atoms with E-state index in [0.29, 0.717) is 5.88 Å². The van der Waals surface area contributed by atoms with E-state index in [1.165, 1.54) is 66.7 Å². The Morgan fingerprint density at radius 3 is 1.49 bits per heavy atom. The lowest BCUT2D eigenvalue weighted by Gasteiger charge is -2.10. The number of allylic oxidation sites excluding steroid dienone is 4. The Kier molecular flexibility index (Phi) is 8.63. The van der Waals surface area contributed by atoms with Crippen molar-refractivity contribution in [3.8, 4) is 11.1 Å². The molecular formula is C40H45ClN4. The van der Waals surface area contributed by atoms with Crippen LogP contribution >= 0.6 is 11.6 Å². The lowest BCUT2D eigenvalue weighted by atomic mass is 9.94. The maximum atomic E-state index is 6.50. The first-order valence-electron chi connectivity index (χ1n) is 16.6. The Hall–Kier alpha value is -3.89. The van der Waals surface area contributed by atoms with E-state index in [-0.39, 0.29) is 0 Å². The van der Waals surface area contributed by atoms with Gasteiger partial charge in [0, 0.05) is 28.0 Å². The van der Waals surface area contributed by atoms with E-state index in [0.717, 1.165) is 71.5 Å². The van der Waals surface area contributed by atoms with Gasteiger partial charge in [-0.05, 0) is 122 Å². The number of aromatic nitrogens is 4. The minimum absolute atomic E-state index is 0.521. The first kappa shape index (κ1) is 31.1. The highest BCUT2D eigenvalue weighted by atomic mass is 35.5. The monoisotopic (exact) mass is 616 g/mol. The highest BCUT2D eigenvalue weighted by Gasteiger charge is 2.26. The molecule has 0 aliphatic carbocycles. The molecule has 0 saturated heterocycles. The van der Waals surface area contributed by atoms with Crippen LogP contribution in [-0.4, -0.2) is 25.8 Å². The zero-order valence-electron chi connectivity index (χ0n) is 28.1. The number of aryl methyl sites for hydroxylation is 4.